The van der Waals surface area contributed by atoms with Crippen LogP contribution in [0.4, 0.5) is 0 Å². The predicted octanol–water partition coefficient (Wildman–Crippen LogP) is 2.32. The second-order valence-electron chi connectivity index (χ2n) is 7.43. The van der Waals surface area contributed by atoms with Gasteiger partial charge in [-0.05, 0) is 56.2 Å². The zero-order valence-corrected chi connectivity index (χ0v) is 16.3. The van der Waals surface area contributed by atoms with Crippen molar-refractivity contribution in [3.63, 3.8) is 0 Å². The molecule has 1 amide bonds. The molecule has 1 aliphatic heterocycles. The summed E-state index contributed by atoms with van der Waals surface area (Å²) in [5, 5.41) is 3.07. The van der Waals surface area contributed by atoms with Crippen LogP contribution in [-0.4, -0.2) is 51.0 Å². The van der Waals surface area contributed by atoms with Gasteiger partial charge in [-0.2, -0.15) is 4.31 Å². The van der Waals surface area contributed by atoms with Gasteiger partial charge < -0.3 is 10.1 Å². The molecule has 0 radical (unpaired) electrons. The van der Waals surface area contributed by atoms with E-state index in [1.807, 2.05) is 0 Å². The quantitative estimate of drug-likeness (QED) is 0.870. The topological polar surface area (TPSA) is 75.7 Å². The molecule has 1 aromatic rings. The molecule has 26 heavy (non-hydrogen) atoms. The summed E-state index contributed by atoms with van der Waals surface area (Å²) < 4.78 is 32.6. The van der Waals surface area contributed by atoms with Gasteiger partial charge in [0.15, 0.2) is 0 Å². The fourth-order valence-electron chi connectivity index (χ4n) is 3.62. The smallest absolute Gasteiger partial charge is 0.251 e. The van der Waals surface area contributed by atoms with Crippen LogP contribution in [0.2, 0.25) is 0 Å². The fourth-order valence-corrected chi connectivity index (χ4v) is 5.28. The molecule has 1 saturated heterocycles. The summed E-state index contributed by atoms with van der Waals surface area (Å²) in [6.45, 7) is 5.49. The Morgan fingerprint density at radius 3 is 2.46 bits per heavy atom. The number of nitrogens with one attached hydrogen (secondary N) is 1. The van der Waals surface area contributed by atoms with Crippen molar-refractivity contribution in [3.05, 3.63) is 29.3 Å². The van der Waals surface area contributed by atoms with Gasteiger partial charge in [-0.25, -0.2) is 8.42 Å². The molecule has 7 heteroatoms. The van der Waals surface area contributed by atoms with Crippen LogP contribution in [0.1, 0.15) is 48.5 Å². The number of carbonyl (C=O) groups excluding carboxylic acids is 1. The molecule has 1 aromatic carbocycles. The average Bonchev–Trinajstić information content (AvgIpc) is 2.64. The summed E-state index contributed by atoms with van der Waals surface area (Å²) in [7, 11) is -3.62. The number of ether oxygens (including phenoxy) is 1. The number of amides is 1. The lowest BCUT2D eigenvalue weighted by Crippen LogP contribution is -2.41. The molecular weight excluding hydrogens is 352 g/mol. The van der Waals surface area contributed by atoms with Crippen molar-refractivity contribution in [1.82, 2.24) is 9.62 Å². The van der Waals surface area contributed by atoms with Gasteiger partial charge in [-0.3, -0.25) is 4.79 Å². The molecule has 1 heterocycles. The minimum Gasteiger partial charge on any atom is -0.379 e. The summed E-state index contributed by atoms with van der Waals surface area (Å²) in [4.78, 5) is 12.8. The molecule has 6 nitrogen and oxygen atoms in total. The molecule has 144 valence electrons. The lowest BCUT2D eigenvalue weighted by atomic mass is 9.87. The molecule has 1 aliphatic carbocycles. The van der Waals surface area contributed by atoms with E-state index >= 15 is 0 Å². The normalized spacial score (nSPS) is 25.0. The van der Waals surface area contributed by atoms with E-state index < -0.39 is 10.0 Å². The Morgan fingerprint density at radius 1 is 1.15 bits per heavy atom. The van der Waals surface area contributed by atoms with Crippen LogP contribution >= 0.6 is 0 Å². The fraction of sp³-hybridized carbons (Fsp3) is 0.632. The van der Waals surface area contributed by atoms with Crippen LogP contribution in [0.25, 0.3) is 0 Å². The number of hydrogen-bond acceptors (Lipinski definition) is 4. The van der Waals surface area contributed by atoms with Crippen LogP contribution < -0.4 is 5.32 Å². The van der Waals surface area contributed by atoms with Crippen LogP contribution in [0.5, 0.6) is 0 Å². The van der Waals surface area contributed by atoms with Gasteiger partial charge in [0.1, 0.15) is 0 Å². The van der Waals surface area contributed by atoms with Crippen molar-refractivity contribution >= 4 is 15.9 Å². The lowest BCUT2D eigenvalue weighted by molar-refractivity contribution is 0.0730. The summed E-state index contributed by atoms with van der Waals surface area (Å²) in [5.41, 5.74) is 1.06. The van der Waals surface area contributed by atoms with Crippen LogP contribution in [-0.2, 0) is 14.8 Å². The van der Waals surface area contributed by atoms with Gasteiger partial charge in [0.05, 0.1) is 18.1 Å². The highest BCUT2D eigenvalue weighted by Crippen LogP contribution is 2.25. The van der Waals surface area contributed by atoms with Gasteiger partial charge in [0, 0.05) is 24.7 Å². The first kappa shape index (κ1) is 19.3. The Balaban J connectivity index is 1.77. The monoisotopic (exact) mass is 380 g/mol. The van der Waals surface area contributed by atoms with Gasteiger partial charge in [-0.1, -0.05) is 13.0 Å². The summed E-state index contributed by atoms with van der Waals surface area (Å²) >= 11 is 0. The van der Waals surface area contributed by atoms with E-state index in [2.05, 4.69) is 12.2 Å². The molecule has 2 fully saturated rings. The van der Waals surface area contributed by atoms with E-state index in [1.165, 1.54) is 10.4 Å². The molecule has 1 N–H and O–H groups in total. The largest absolute Gasteiger partial charge is 0.379 e. The average molecular weight is 381 g/mol. The maximum absolute atomic E-state index is 12.9. The lowest BCUT2D eigenvalue weighted by Gasteiger charge is -2.28. The van der Waals surface area contributed by atoms with Crippen LogP contribution in [0.15, 0.2) is 23.1 Å². The molecule has 0 bridgehead atoms. The first-order valence-corrected chi connectivity index (χ1v) is 10.8. The minimum atomic E-state index is -3.62. The van der Waals surface area contributed by atoms with E-state index in [-0.39, 0.29) is 16.8 Å². The van der Waals surface area contributed by atoms with Crippen molar-refractivity contribution in [2.75, 3.05) is 26.3 Å². The molecule has 1 saturated carbocycles. The molecule has 0 spiro atoms. The highest BCUT2D eigenvalue weighted by atomic mass is 32.2. The molecule has 2 aliphatic rings. The number of sulfonamides is 1. The van der Waals surface area contributed by atoms with Gasteiger partial charge in [0.25, 0.3) is 5.91 Å². The summed E-state index contributed by atoms with van der Waals surface area (Å²) in [5.74, 6) is 0.524. The summed E-state index contributed by atoms with van der Waals surface area (Å²) in [6, 6.07) is 5.11. The Kier molecular flexibility index (Phi) is 5.99. The molecule has 3 rings (SSSR count). The first-order chi connectivity index (χ1) is 12.4. The first-order valence-electron chi connectivity index (χ1n) is 9.37. The Labute approximate surface area is 156 Å². The van der Waals surface area contributed by atoms with Crippen molar-refractivity contribution in [1.29, 1.82) is 0 Å². The van der Waals surface area contributed by atoms with Crippen molar-refractivity contribution in [2.24, 2.45) is 5.92 Å². The number of rotatable bonds is 4. The highest BCUT2D eigenvalue weighted by Gasteiger charge is 2.29. The molecular formula is C19H28N2O4S. The van der Waals surface area contributed by atoms with E-state index in [4.69, 9.17) is 4.74 Å². The SMILES string of the molecule is Cc1ccc(C(=O)NC2CCC(C)CC2)cc1S(=O)(=O)N1CCOCC1. The van der Waals surface area contributed by atoms with Crippen molar-refractivity contribution in [2.45, 2.75) is 50.5 Å². The number of carbonyl (C=O) groups is 1. The van der Waals surface area contributed by atoms with Crippen LogP contribution in [0, 0.1) is 12.8 Å². The Bertz CT molecular complexity index is 749. The predicted molar refractivity (Wildman–Crippen MR) is 99.6 cm³/mol. The van der Waals surface area contributed by atoms with Crippen molar-refractivity contribution in [3.8, 4) is 0 Å². The third-order valence-corrected chi connectivity index (χ3v) is 7.43. The maximum atomic E-state index is 12.9. The maximum Gasteiger partial charge on any atom is 0.251 e. The summed E-state index contributed by atoms with van der Waals surface area (Å²) in [6.07, 6.45) is 4.21. The van der Waals surface area contributed by atoms with E-state index in [9.17, 15) is 13.2 Å². The zero-order chi connectivity index (χ0) is 18.7. The molecule has 0 atom stereocenters. The standard InChI is InChI=1S/C19H28N2O4S/c1-14-3-7-17(8-4-14)20-19(22)16-6-5-15(2)18(13-16)26(23,24)21-9-11-25-12-10-21/h5-6,13-14,17H,3-4,7-12H2,1-2H3,(H,20,22). The zero-order valence-electron chi connectivity index (χ0n) is 15.5. The third-order valence-electron chi connectivity index (χ3n) is 5.39. The van der Waals surface area contributed by atoms with Gasteiger partial charge in [-0.15, -0.1) is 0 Å². The minimum absolute atomic E-state index is 0.180. The number of hydrogen-bond donors (Lipinski definition) is 1. The van der Waals surface area contributed by atoms with Gasteiger partial charge >= 0.3 is 0 Å². The highest BCUT2D eigenvalue weighted by molar-refractivity contribution is 7.89. The molecule has 0 unspecified atom stereocenters. The van der Waals surface area contributed by atoms with Gasteiger partial charge in [0.2, 0.25) is 10.0 Å². The van der Waals surface area contributed by atoms with E-state index in [0.717, 1.165) is 25.7 Å². The molecule has 0 aromatic heterocycles. The Morgan fingerprint density at radius 2 is 1.81 bits per heavy atom. The number of morpholine rings is 1. The van der Waals surface area contributed by atoms with E-state index in [1.54, 1.807) is 19.1 Å². The second kappa shape index (κ2) is 8.06. The number of nitrogens with zero attached hydrogens (tertiary/aromatic N) is 1. The van der Waals surface area contributed by atoms with Crippen LogP contribution in [0.3, 0.4) is 0 Å². The Hall–Kier alpha value is -1.44. The number of aryl methyl sites for hydroxylation is 1. The van der Waals surface area contributed by atoms with Crippen molar-refractivity contribution < 1.29 is 17.9 Å². The second-order valence-corrected chi connectivity index (χ2v) is 9.33. The van der Waals surface area contributed by atoms with E-state index in [0.29, 0.717) is 43.3 Å². The third kappa shape index (κ3) is 4.27. The number of benzene rings is 1.